The lowest BCUT2D eigenvalue weighted by Crippen LogP contribution is -2.44. The molecule has 1 rings (SSSR count). The second-order valence-electron chi connectivity index (χ2n) is 5.05. The molecular weight excluding hydrogens is 216 g/mol. The summed E-state index contributed by atoms with van der Waals surface area (Å²) in [5, 5.41) is 19.6. The topological polar surface area (TPSA) is 57.5 Å². The lowest BCUT2D eigenvalue weighted by atomic mass is 9.72. The number of aryl methyl sites for hydroxylation is 1. The van der Waals surface area contributed by atoms with Crippen LogP contribution in [0.15, 0.2) is 24.3 Å². The number of hydrogen-bond donors (Lipinski definition) is 2. The molecule has 94 valence electrons. The predicted molar refractivity (Wildman–Crippen MR) is 66.8 cm³/mol. The van der Waals surface area contributed by atoms with E-state index in [1.807, 2.05) is 19.1 Å². The van der Waals surface area contributed by atoms with Crippen molar-refractivity contribution in [3.63, 3.8) is 0 Å². The van der Waals surface area contributed by atoms with Gasteiger partial charge >= 0.3 is 5.97 Å². The molecule has 0 radical (unpaired) electrons. The van der Waals surface area contributed by atoms with Gasteiger partial charge in [0.1, 0.15) is 5.60 Å². The van der Waals surface area contributed by atoms with Gasteiger partial charge in [-0.05, 0) is 38.3 Å². The molecule has 1 atom stereocenters. The molecule has 0 aliphatic rings. The minimum atomic E-state index is -1.40. The quantitative estimate of drug-likeness (QED) is 0.844. The highest BCUT2D eigenvalue weighted by Crippen LogP contribution is 2.39. The van der Waals surface area contributed by atoms with Gasteiger partial charge in [0, 0.05) is 0 Å². The SMILES string of the molecule is CCc1ccc(C(C)(O)C(C)(C)C(=O)O)cc1. The fourth-order valence-corrected chi connectivity index (χ4v) is 1.63. The van der Waals surface area contributed by atoms with E-state index in [1.165, 1.54) is 13.8 Å². The molecule has 3 nitrogen and oxygen atoms in total. The molecule has 1 aromatic carbocycles. The van der Waals surface area contributed by atoms with E-state index in [9.17, 15) is 15.0 Å². The number of carboxylic acids is 1. The van der Waals surface area contributed by atoms with Crippen LogP contribution in [0.5, 0.6) is 0 Å². The van der Waals surface area contributed by atoms with Crippen molar-refractivity contribution in [3.05, 3.63) is 35.4 Å². The fraction of sp³-hybridized carbons (Fsp3) is 0.500. The zero-order chi connectivity index (χ0) is 13.3. The van der Waals surface area contributed by atoms with Crippen LogP contribution >= 0.6 is 0 Å². The Kier molecular flexibility index (Phi) is 3.62. The zero-order valence-corrected chi connectivity index (χ0v) is 10.8. The molecule has 3 heteroatoms. The molecule has 0 aliphatic heterocycles. The molecule has 0 spiro atoms. The number of carbonyl (C=O) groups is 1. The Bertz CT molecular complexity index is 402. The Morgan fingerprint density at radius 3 is 2.00 bits per heavy atom. The third-order valence-electron chi connectivity index (χ3n) is 3.68. The van der Waals surface area contributed by atoms with Crippen molar-refractivity contribution in [2.24, 2.45) is 5.41 Å². The second kappa shape index (κ2) is 4.49. The third kappa shape index (κ3) is 2.34. The van der Waals surface area contributed by atoms with Gasteiger partial charge in [-0.15, -0.1) is 0 Å². The standard InChI is InChI=1S/C14H20O3/c1-5-10-6-8-11(9-7-10)14(4,17)13(2,3)12(15)16/h6-9,17H,5H2,1-4H3,(H,15,16). The number of aliphatic carboxylic acids is 1. The number of rotatable bonds is 4. The Morgan fingerprint density at radius 1 is 1.18 bits per heavy atom. The van der Waals surface area contributed by atoms with Crippen LogP contribution in [0.4, 0.5) is 0 Å². The average Bonchev–Trinajstić information content (AvgIpc) is 2.28. The van der Waals surface area contributed by atoms with E-state index in [1.54, 1.807) is 19.1 Å². The number of carboxylic acid groups (broad SMARTS) is 1. The molecule has 0 saturated carbocycles. The smallest absolute Gasteiger partial charge is 0.312 e. The molecule has 1 unspecified atom stereocenters. The first-order valence-corrected chi connectivity index (χ1v) is 5.78. The zero-order valence-electron chi connectivity index (χ0n) is 10.8. The number of benzene rings is 1. The Labute approximate surface area is 102 Å². The minimum Gasteiger partial charge on any atom is -0.481 e. The first-order chi connectivity index (χ1) is 7.73. The summed E-state index contributed by atoms with van der Waals surface area (Å²) < 4.78 is 0. The van der Waals surface area contributed by atoms with E-state index in [0.29, 0.717) is 5.56 Å². The largest absolute Gasteiger partial charge is 0.481 e. The van der Waals surface area contributed by atoms with Crippen molar-refractivity contribution < 1.29 is 15.0 Å². The summed E-state index contributed by atoms with van der Waals surface area (Å²) in [4.78, 5) is 11.2. The molecule has 0 fully saturated rings. The summed E-state index contributed by atoms with van der Waals surface area (Å²) in [6.07, 6.45) is 0.921. The summed E-state index contributed by atoms with van der Waals surface area (Å²) in [7, 11) is 0. The highest BCUT2D eigenvalue weighted by atomic mass is 16.4. The molecule has 0 saturated heterocycles. The molecule has 17 heavy (non-hydrogen) atoms. The first-order valence-electron chi connectivity index (χ1n) is 5.78. The van der Waals surface area contributed by atoms with Gasteiger partial charge in [-0.25, -0.2) is 0 Å². The molecule has 0 aromatic heterocycles. The van der Waals surface area contributed by atoms with Crippen molar-refractivity contribution in [3.8, 4) is 0 Å². The third-order valence-corrected chi connectivity index (χ3v) is 3.68. The summed E-state index contributed by atoms with van der Waals surface area (Å²) in [5.74, 6) is -1.01. The Morgan fingerprint density at radius 2 is 1.65 bits per heavy atom. The monoisotopic (exact) mass is 236 g/mol. The van der Waals surface area contributed by atoms with E-state index in [-0.39, 0.29) is 0 Å². The molecule has 0 aliphatic carbocycles. The molecular formula is C14H20O3. The van der Waals surface area contributed by atoms with Gasteiger partial charge in [0.15, 0.2) is 0 Å². The first kappa shape index (κ1) is 13.7. The fourth-order valence-electron chi connectivity index (χ4n) is 1.63. The molecule has 0 heterocycles. The van der Waals surface area contributed by atoms with Crippen LogP contribution in [0.25, 0.3) is 0 Å². The van der Waals surface area contributed by atoms with Crippen LogP contribution in [-0.4, -0.2) is 16.2 Å². The van der Waals surface area contributed by atoms with Crippen molar-refractivity contribution in [2.75, 3.05) is 0 Å². The van der Waals surface area contributed by atoms with Crippen LogP contribution < -0.4 is 0 Å². The van der Waals surface area contributed by atoms with Gasteiger partial charge < -0.3 is 10.2 Å². The van der Waals surface area contributed by atoms with Gasteiger partial charge in [-0.1, -0.05) is 31.2 Å². The highest BCUT2D eigenvalue weighted by molar-refractivity contribution is 5.75. The van der Waals surface area contributed by atoms with E-state index in [4.69, 9.17) is 0 Å². The maximum atomic E-state index is 11.2. The van der Waals surface area contributed by atoms with Crippen LogP contribution in [0, 0.1) is 5.41 Å². The second-order valence-corrected chi connectivity index (χ2v) is 5.05. The van der Waals surface area contributed by atoms with E-state index < -0.39 is 17.0 Å². The number of hydrogen-bond acceptors (Lipinski definition) is 2. The summed E-state index contributed by atoms with van der Waals surface area (Å²) in [5.41, 5.74) is -0.842. The maximum absolute atomic E-state index is 11.2. The lowest BCUT2D eigenvalue weighted by Gasteiger charge is -2.37. The van der Waals surface area contributed by atoms with Gasteiger partial charge in [0.2, 0.25) is 0 Å². The van der Waals surface area contributed by atoms with Crippen molar-refractivity contribution in [2.45, 2.75) is 39.7 Å². The molecule has 1 aromatic rings. The maximum Gasteiger partial charge on any atom is 0.312 e. The average molecular weight is 236 g/mol. The van der Waals surface area contributed by atoms with Crippen LogP contribution in [0.2, 0.25) is 0 Å². The molecule has 0 bridgehead atoms. The van der Waals surface area contributed by atoms with Crippen molar-refractivity contribution >= 4 is 5.97 Å². The summed E-state index contributed by atoms with van der Waals surface area (Å²) >= 11 is 0. The van der Waals surface area contributed by atoms with Gasteiger partial charge in [0.05, 0.1) is 5.41 Å². The van der Waals surface area contributed by atoms with Crippen LogP contribution in [0.3, 0.4) is 0 Å². The van der Waals surface area contributed by atoms with Crippen LogP contribution in [0.1, 0.15) is 38.8 Å². The predicted octanol–water partition coefficient (Wildman–Crippen LogP) is 2.57. The molecule has 0 amide bonds. The van der Waals surface area contributed by atoms with E-state index >= 15 is 0 Å². The van der Waals surface area contributed by atoms with Crippen molar-refractivity contribution in [1.29, 1.82) is 0 Å². The van der Waals surface area contributed by atoms with Gasteiger partial charge in [0.25, 0.3) is 0 Å². The highest BCUT2D eigenvalue weighted by Gasteiger charge is 2.46. The van der Waals surface area contributed by atoms with E-state index in [2.05, 4.69) is 0 Å². The Balaban J connectivity index is 3.16. The number of aliphatic hydroxyl groups is 1. The van der Waals surface area contributed by atoms with Gasteiger partial charge in [-0.3, -0.25) is 4.79 Å². The summed E-state index contributed by atoms with van der Waals surface area (Å²) in [6, 6.07) is 7.43. The van der Waals surface area contributed by atoms with E-state index in [0.717, 1.165) is 12.0 Å². The van der Waals surface area contributed by atoms with Gasteiger partial charge in [-0.2, -0.15) is 0 Å². The summed E-state index contributed by atoms with van der Waals surface area (Å²) in [6.45, 7) is 6.66. The Hall–Kier alpha value is -1.35. The van der Waals surface area contributed by atoms with Crippen LogP contribution in [-0.2, 0) is 16.8 Å². The van der Waals surface area contributed by atoms with Crippen molar-refractivity contribution in [1.82, 2.24) is 0 Å². The molecule has 2 N–H and O–H groups in total. The minimum absolute atomic E-state index is 0.627. The normalized spacial score (nSPS) is 15.4. The lowest BCUT2D eigenvalue weighted by molar-refractivity contribution is -0.164.